The summed E-state index contributed by atoms with van der Waals surface area (Å²) in [4.78, 5) is 7.39. The van der Waals surface area contributed by atoms with E-state index >= 15 is 0 Å². The maximum Gasteiger partial charge on any atom is 0.0941 e. The molecule has 0 atom stereocenters. The van der Waals surface area contributed by atoms with Gasteiger partial charge in [0.2, 0.25) is 0 Å². The van der Waals surface area contributed by atoms with Gasteiger partial charge in [0.05, 0.1) is 14.9 Å². The van der Waals surface area contributed by atoms with Crippen LogP contribution in [0, 0.1) is 5.92 Å². The number of rotatable bonds is 2. The zero-order valence-corrected chi connectivity index (χ0v) is 12.7. The fraction of sp³-hybridized carbons (Fsp3) is 0.471. The summed E-state index contributed by atoms with van der Waals surface area (Å²) in [5, 5.41) is 2.62. The van der Waals surface area contributed by atoms with Crippen LogP contribution >= 0.6 is 11.3 Å². The molecule has 0 N–H and O–H groups in total. The molecule has 0 spiro atoms. The summed E-state index contributed by atoms with van der Waals surface area (Å²) in [6, 6.07) is 0. The highest BCUT2D eigenvalue weighted by molar-refractivity contribution is 7.09. The fourth-order valence-electron chi connectivity index (χ4n) is 3.38. The lowest BCUT2D eigenvalue weighted by molar-refractivity contribution is 0.219. The molecule has 0 aromatic carbocycles. The number of likely N-dealkylation sites (tertiary alicyclic amines) is 1. The summed E-state index contributed by atoms with van der Waals surface area (Å²) >= 11 is 1.91. The number of aromatic nitrogens is 1. The molecule has 1 aromatic heterocycles. The van der Waals surface area contributed by atoms with E-state index < -0.39 is 0 Å². The Hall–Kier alpha value is -1.19. The van der Waals surface area contributed by atoms with Crippen molar-refractivity contribution in [2.75, 3.05) is 20.1 Å². The summed E-state index contributed by atoms with van der Waals surface area (Å²) in [6.07, 6.45) is 13.8. The zero-order chi connectivity index (χ0) is 13.5. The summed E-state index contributed by atoms with van der Waals surface area (Å²) in [7, 11) is 2.23. The van der Waals surface area contributed by atoms with Crippen molar-refractivity contribution in [2.24, 2.45) is 5.92 Å². The van der Waals surface area contributed by atoms with E-state index in [1.165, 1.54) is 58.4 Å². The van der Waals surface area contributed by atoms with Crippen LogP contribution in [0.3, 0.4) is 0 Å². The van der Waals surface area contributed by atoms with Crippen LogP contribution in [0.2, 0.25) is 0 Å². The molecule has 0 amide bonds. The van der Waals surface area contributed by atoms with Gasteiger partial charge in [-0.15, -0.1) is 11.3 Å². The average molecular weight is 284 g/mol. The lowest BCUT2D eigenvalue weighted by Gasteiger charge is -2.28. The van der Waals surface area contributed by atoms with E-state index in [1.807, 2.05) is 11.3 Å². The maximum absolute atomic E-state index is 4.95. The molecule has 1 aliphatic heterocycles. The molecule has 3 heteroatoms. The standard InChI is InChI=1S/C17H20N2S/c1-19-8-6-12(7-9-19)10-16-18-17-14-5-3-2-4-13(14)11-15(17)20-16/h2-4,11-12H,5-10H2,1H3. The Morgan fingerprint density at radius 2 is 2.20 bits per heavy atom. The Morgan fingerprint density at radius 3 is 3.05 bits per heavy atom. The minimum atomic E-state index is 0.837. The Bertz CT molecular complexity index is 700. The van der Waals surface area contributed by atoms with Crippen LogP contribution < -0.4 is 9.88 Å². The number of hydrogen-bond acceptors (Lipinski definition) is 3. The predicted molar refractivity (Wildman–Crippen MR) is 85.0 cm³/mol. The van der Waals surface area contributed by atoms with Gasteiger partial charge in [0, 0.05) is 6.42 Å². The fourth-order valence-corrected chi connectivity index (χ4v) is 4.54. The molecule has 2 aliphatic carbocycles. The van der Waals surface area contributed by atoms with Crippen molar-refractivity contribution < 1.29 is 0 Å². The summed E-state index contributed by atoms with van der Waals surface area (Å²) in [5.74, 6) is 0.837. The first-order valence-electron chi connectivity index (χ1n) is 7.56. The Morgan fingerprint density at radius 1 is 1.35 bits per heavy atom. The van der Waals surface area contributed by atoms with Crippen molar-refractivity contribution in [2.45, 2.75) is 25.7 Å². The van der Waals surface area contributed by atoms with Crippen LogP contribution in [-0.4, -0.2) is 30.0 Å². The van der Waals surface area contributed by atoms with Crippen molar-refractivity contribution in [1.29, 1.82) is 0 Å². The summed E-state index contributed by atoms with van der Waals surface area (Å²) in [6.45, 7) is 2.49. The van der Waals surface area contributed by atoms with E-state index in [1.54, 1.807) is 0 Å². The SMILES string of the molecule is CN1CCC(Cc2nc3c(s2)=CC2=CC=CCC=32)CC1. The van der Waals surface area contributed by atoms with E-state index in [9.17, 15) is 0 Å². The highest BCUT2D eigenvalue weighted by Gasteiger charge is 2.20. The van der Waals surface area contributed by atoms with Gasteiger partial charge in [0.1, 0.15) is 0 Å². The van der Waals surface area contributed by atoms with Crippen molar-refractivity contribution >= 4 is 23.0 Å². The molecule has 1 fully saturated rings. The van der Waals surface area contributed by atoms with E-state index in [0.717, 1.165) is 12.3 Å². The van der Waals surface area contributed by atoms with Crippen LogP contribution in [0.15, 0.2) is 23.8 Å². The van der Waals surface area contributed by atoms with E-state index in [2.05, 4.69) is 36.3 Å². The van der Waals surface area contributed by atoms with Gasteiger partial charge in [-0.05, 0) is 62.5 Å². The number of hydrogen-bond donors (Lipinski definition) is 0. The van der Waals surface area contributed by atoms with Crippen molar-refractivity contribution in [3.63, 3.8) is 0 Å². The van der Waals surface area contributed by atoms with Crippen molar-refractivity contribution in [1.82, 2.24) is 9.88 Å². The zero-order valence-electron chi connectivity index (χ0n) is 11.9. The van der Waals surface area contributed by atoms with Crippen LogP contribution in [0.4, 0.5) is 0 Å². The smallest absolute Gasteiger partial charge is 0.0941 e. The molecule has 3 aliphatic rings. The molecule has 20 heavy (non-hydrogen) atoms. The van der Waals surface area contributed by atoms with E-state index in [-0.39, 0.29) is 0 Å². The molecule has 0 radical (unpaired) electrons. The lowest BCUT2D eigenvalue weighted by atomic mass is 9.94. The van der Waals surface area contributed by atoms with Crippen LogP contribution in [0.25, 0.3) is 11.6 Å². The predicted octanol–water partition coefficient (Wildman–Crippen LogP) is 1.86. The molecule has 1 aromatic rings. The van der Waals surface area contributed by atoms with Crippen molar-refractivity contribution in [3.8, 4) is 0 Å². The second-order valence-corrected chi connectivity index (χ2v) is 7.26. The van der Waals surface area contributed by atoms with Crippen LogP contribution in [-0.2, 0) is 6.42 Å². The second kappa shape index (κ2) is 4.97. The third-order valence-electron chi connectivity index (χ3n) is 4.65. The molecular formula is C17H20N2S. The molecule has 4 rings (SSSR count). The third-order valence-corrected chi connectivity index (χ3v) is 5.68. The highest BCUT2D eigenvalue weighted by Crippen LogP contribution is 2.25. The number of nitrogens with zero attached hydrogens (tertiary/aromatic N) is 2. The molecule has 2 nitrogen and oxygen atoms in total. The monoisotopic (exact) mass is 284 g/mol. The normalized spacial score (nSPS) is 22.4. The number of allylic oxidation sites excluding steroid dienone is 4. The molecule has 0 bridgehead atoms. The summed E-state index contributed by atoms with van der Waals surface area (Å²) < 4.78 is 1.39. The van der Waals surface area contributed by atoms with Gasteiger partial charge >= 0.3 is 0 Å². The Balaban J connectivity index is 1.57. The third kappa shape index (κ3) is 2.19. The van der Waals surface area contributed by atoms with Gasteiger partial charge < -0.3 is 4.90 Å². The molecule has 104 valence electrons. The molecule has 2 heterocycles. The quantitative estimate of drug-likeness (QED) is 0.824. The van der Waals surface area contributed by atoms with Crippen molar-refractivity contribution in [3.05, 3.63) is 38.7 Å². The highest BCUT2D eigenvalue weighted by atomic mass is 32.1. The van der Waals surface area contributed by atoms with Gasteiger partial charge in [0.15, 0.2) is 0 Å². The number of piperidine rings is 1. The van der Waals surface area contributed by atoms with E-state index in [4.69, 9.17) is 4.98 Å². The Labute approximate surface area is 123 Å². The van der Waals surface area contributed by atoms with Crippen LogP contribution in [0.5, 0.6) is 0 Å². The topological polar surface area (TPSA) is 16.1 Å². The first-order valence-corrected chi connectivity index (χ1v) is 8.37. The van der Waals surface area contributed by atoms with Gasteiger partial charge in [-0.3, -0.25) is 0 Å². The second-order valence-electron chi connectivity index (χ2n) is 6.15. The maximum atomic E-state index is 4.95. The minimum absolute atomic E-state index is 0.837. The van der Waals surface area contributed by atoms with Gasteiger partial charge in [0.25, 0.3) is 0 Å². The average Bonchev–Trinajstić information content (AvgIpc) is 2.98. The number of thiazole rings is 1. The van der Waals surface area contributed by atoms with Gasteiger partial charge in [-0.25, -0.2) is 4.98 Å². The Kier molecular flexibility index (Phi) is 3.12. The van der Waals surface area contributed by atoms with Crippen LogP contribution in [0.1, 0.15) is 24.3 Å². The number of fused-ring (bicyclic) bond motifs is 2. The summed E-state index contributed by atoms with van der Waals surface area (Å²) in [5.41, 5.74) is 2.82. The van der Waals surface area contributed by atoms with Gasteiger partial charge in [-0.2, -0.15) is 0 Å². The first kappa shape index (κ1) is 12.5. The lowest BCUT2D eigenvalue weighted by Crippen LogP contribution is -2.31. The molecule has 0 saturated carbocycles. The van der Waals surface area contributed by atoms with Gasteiger partial charge in [-0.1, -0.05) is 18.2 Å². The largest absolute Gasteiger partial charge is 0.306 e. The minimum Gasteiger partial charge on any atom is -0.306 e. The first-order chi connectivity index (χ1) is 9.79. The molecule has 1 saturated heterocycles. The molecular weight excluding hydrogens is 264 g/mol. The molecule has 0 unspecified atom stereocenters. The van der Waals surface area contributed by atoms with E-state index in [0.29, 0.717) is 0 Å².